The van der Waals surface area contributed by atoms with Gasteiger partial charge in [-0.3, -0.25) is 9.69 Å². The zero-order valence-corrected chi connectivity index (χ0v) is 13.2. The maximum Gasteiger partial charge on any atom is 0.307 e. The van der Waals surface area contributed by atoms with Crippen molar-refractivity contribution in [3.63, 3.8) is 0 Å². The molecule has 4 heteroatoms. The maximum absolute atomic E-state index is 12.1. The van der Waals surface area contributed by atoms with Gasteiger partial charge in [-0.05, 0) is 38.0 Å². The van der Waals surface area contributed by atoms with Gasteiger partial charge in [0.05, 0.1) is 26.2 Å². The second-order valence-corrected chi connectivity index (χ2v) is 6.66. The Morgan fingerprint density at radius 2 is 1.85 bits per heavy atom. The van der Waals surface area contributed by atoms with Crippen LogP contribution >= 0.6 is 0 Å². The molecule has 0 spiro atoms. The minimum Gasteiger partial charge on any atom is -0.466 e. The zero-order valence-electron chi connectivity index (χ0n) is 13.2. The van der Waals surface area contributed by atoms with Gasteiger partial charge in [0.1, 0.15) is 0 Å². The smallest absolute Gasteiger partial charge is 0.307 e. The SMILES string of the molecule is CCOC(=O)CC1(N2CCOCC2)CC(C)CC(C)C1. The fourth-order valence-electron chi connectivity index (χ4n) is 4.27. The molecule has 2 rings (SSSR count). The highest BCUT2D eigenvalue weighted by atomic mass is 16.5. The maximum atomic E-state index is 12.1. The Kier molecular flexibility index (Phi) is 5.44. The van der Waals surface area contributed by atoms with Gasteiger partial charge >= 0.3 is 5.97 Å². The van der Waals surface area contributed by atoms with Crippen LogP contribution in [0.4, 0.5) is 0 Å². The van der Waals surface area contributed by atoms with Crippen molar-refractivity contribution in [3.8, 4) is 0 Å². The molecule has 0 bridgehead atoms. The second kappa shape index (κ2) is 6.90. The molecule has 1 aliphatic heterocycles. The number of morpholine rings is 1. The largest absolute Gasteiger partial charge is 0.466 e. The Morgan fingerprint density at radius 1 is 1.25 bits per heavy atom. The van der Waals surface area contributed by atoms with E-state index < -0.39 is 0 Å². The summed E-state index contributed by atoms with van der Waals surface area (Å²) < 4.78 is 10.7. The Balaban J connectivity index is 2.14. The Bertz CT molecular complexity index is 316. The minimum absolute atomic E-state index is 0.00683. The molecule has 1 heterocycles. The lowest BCUT2D eigenvalue weighted by atomic mass is 9.69. The molecule has 1 saturated carbocycles. The summed E-state index contributed by atoms with van der Waals surface area (Å²) in [4.78, 5) is 14.6. The van der Waals surface area contributed by atoms with E-state index in [0.29, 0.717) is 24.9 Å². The van der Waals surface area contributed by atoms with Crippen molar-refractivity contribution < 1.29 is 14.3 Å². The van der Waals surface area contributed by atoms with Crippen molar-refractivity contribution in [1.29, 1.82) is 0 Å². The average Bonchev–Trinajstić information content (AvgIpc) is 2.38. The number of ether oxygens (including phenoxy) is 2. The van der Waals surface area contributed by atoms with Gasteiger partial charge in [0.2, 0.25) is 0 Å². The molecular weight excluding hydrogens is 254 g/mol. The van der Waals surface area contributed by atoms with Gasteiger partial charge in [-0.15, -0.1) is 0 Å². The summed E-state index contributed by atoms with van der Waals surface area (Å²) in [5, 5.41) is 0. The number of esters is 1. The summed E-state index contributed by atoms with van der Waals surface area (Å²) in [6.07, 6.45) is 4.02. The third-order valence-corrected chi connectivity index (χ3v) is 4.72. The molecule has 0 radical (unpaired) electrons. The fraction of sp³-hybridized carbons (Fsp3) is 0.938. The minimum atomic E-state index is -0.0414. The van der Waals surface area contributed by atoms with Crippen molar-refractivity contribution in [3.05, 3.63) is 0 Å². The summed E-state index contributed by atoms with van der Waals surface area (Å²) in [6, 6.07) is 0. The molecule has 2 aliphatic rings. The first-order valence-corrected chi connectivity index (χ1v) is 8.04. The van der Waals surface area contributed by atoms with Crippen LogP contribution in [0.25, 0.3) is 0 Å². The molecule has 0 amide bonds. The number of nitrogens with zero attached hydrogens (tertiary/aromatic N) is 1. The van der Waals surface area contributed by atoms with Crippen LogP contribution in [-0.2, 0) is 14.3 Å². The van der Waals surface area contributed by atoms with Gasteiger partial charge in [0.25, 0.3) is 0 Å². The van der Waals surface area contributed by atoms with Gasteiger partial charge < -0.3 is 9.47 Å². The van der Waals surface area contributed by atoms with Crippen LogP contribution in [0.1, 0.15) is 46.5 Å². The van der Waals surface area contributed by atoms with Gasteiger partial charge in [-0.1, -0.05) is 13.8 Å². The summed E-state index contributed by atoms with van der Waals surface area (Å²) in [6.45, 7) is 10.4. The fourth-order valence-corrected chi connectivity index (χ4v) is 4.27. The summed E-state index contributed by atoms with van der Waals surface area (Å²) in [5.74, 6) is 1.31. The highest BCUT2D eigenvalue weighted by Crippen LogP contribution is 2.42. The van der Waals surface area contributed by atoms with E-state index in [1.807, 2.05) is 6.92 Å². The number of hydrogen-bond acceptors (Lipinski definition) is 4. The lowest BCUT2D eigenvalue weighted by Gasteiger charge is -2.50. The Labute approximate surface area is 122 Å². The topological polar surface area (TPSA) is 38.8 Å². The third kappa shape index (κ3) is 3.73. The number of hydrogen-bond donors (Lipinski definition) is 0. The lowest BCUT2D eigenvalue weighted by Crippen LogP contribution is -2.57. The lowest BCUT2D eigenvalue weighted by molar-refractivity contribution is -0.150. The molecular formula is C16H29NO3. The van der Waals surface area contributed by atoms with Gasteiger partial charge in [0, 0.05) is 18.6 Å². The standard InChI is InChI=1S/C16H29NO3/c1-4-20-15(18)12-16(17-5-7-19-8-6-17)10-13(2)9-14(3)11-16/h13-14H,4-12H2,1-3H3. The predicted molar refractivity (Wildman–Crippen MR) is 78.6 cm³/mol. The molecule has 0 aromatic rings. The highest BCUT2D eigenvalue weighted by Gasteiger charge is 2.44. The van der Waals surface area contributed by atoms with Crippen LogP contribution in [0.3, 0.4) is 0 Å². The number of carbonyl (C=O) groups excluding carboxylic acids is 1. The molecule has 116 valence electrons. The Hall–Kier alpha value is -0.610. The molecule has 0 aromatic heterocycles. The quantitative estimate of drug-likeness (QED) is 0.743. The van der Waals surface area contributed by atoms with Crippen molar-refractivity contribution in [2.24, 2.45) is 11.8 Å². The Morgan fingerprint density at radius 3 is 2.40 bits per heavy atom. The number of rotatable bonds is 4. The monoisotopic (exact) mass is 283 g/mol. The third-order valence-electron chi connectivity index (χ3n) is 4.72. The predicted octanol–water partition coefficient (Wildman–Crippen LogP) is 2.47. The molecule has 20 heavy (non-hydrogen) atoms. The molecule has 0 aromatic carbocycles. The first kappa shape index (κ1) is 15.8. The first-order valence-electron chi connectivity index (χ1n) is 8.04. The van der Waals surface area contributed by atoms with E-state index in [9.17, 15) is 4.79 Å². The number of carbonyl (C=O) groups is 1. The normalized spacial score (nSPS) is 35.8. The molecule has 2 atom stereocenters. The van der Waals surface area contributed by atoms with E-state index in [1.165, 1.54) is 6.42 Å². The second-order valence-electron chi connectivity index (χ2n) is 6.66. The van der Waals surface area contributed by atoms with E-state index in [-0.39, 0.29) is 11.5 Å². The van der Waals surface area contributed by atoms with Crippen LogP contribution in [0.15, 0.2) is 0 Å². The first-order chi connectivity index (χ1) is 9.55. The van der Waals surface area contributed by atoms with Crippen molar-refractivity contribution >= 4 is 5.97 Å². The van der Waals surface area contributed by atoms with Crippen LogP contribution in [-0.4, -0.2) is 49.3 Å². The van der Waals surface area contributed by atoms with E-state index in [4.69, 9.17) is 9.47 Å². The van der Waals surface area contributed by atoms with Crippen LogP contribution < -0.4 is 0 Å². The van der Waals surface area contributed by atoms with Crippen LogP contribution in [0, 0.1) is 11.8 Å². The molecule has 1 aliphatic carbocycles. The zero-order chi connectivity index (χ0) is 14.6. The van der Waals surface area contributed by atoms with E-state index in [0.717, 1.165) is 39.1 Å². The summed E-state index contributed by atoms with van der Waals surface area (Å²) >= 11 is 0. The van der Waals surface area contributed by atoms with Crippen molar-refractivity contribution in [2.45, 2.75) is 52.0 Å². The van der Waals surface area contributed by atoms with Crippen LogP contribution in [0.5, 0.6) is 0 Å². The highest BCUT2D eigenvalue weighted by molar-refractivity contribution is 5.71. The summed E-state index contributed by atoms with van der Waals surface area (Å²) in [7, 11) is 0. The molecule has 0 N–H and O–H groups in total. The van der Waals surface area contributed by atoms with Crippen molar-refractivity contribution in [2.75, 3.05) is 32.9 Å². The molecule has 2 fully saturated rings. The average molecular weight is 283 g/mol. The van der Waals surface area contributed by atoms with E-state index in [1.54, 1.807) is 0 Å². The van der Waals surface area contributed by atoms with E-state index in [2.05, 4.69) is 18.7 Å². The van der Waals surface area contributed by atoms with Gasteiger partial charge in [-0.2, -0.15) is 0 Å². The molecule has 1 saturated heterocycles. The molecule has 4 nitrogen and oxygen atoms in total. The van der Waals surface area contributed by atoms with Gasteiger partial charge in [0.15, 0.2) is 0 Å². The summed E-state index contributed by atoms with van der Waals surface area (Å²) in [5.41, 5.74) is -0.00683. The van der Waals surface area contributed by atoms with Crippen molar-refractivity contribution in [1.82, 2.24) is 4.90 Å². The van der Waals surface area contributed by atoms with Crippen LogP contribution in [0.2, 0.25) is 0 Å². The van der Waals surface area contributed by atoms with E-state index >= 15 is 0 Å². The van der Waals surface area contributed by atoms with Gasteiger partial charge in [-0.25, -0.2) is 0 Å². The molecule has 2 unspecified atom stereocenters.